The SMILES string of the molecule is C=C/C=C\N(N)c1ccc(C(=O)N2CCN(c3nc(SCC(=O)OC)nc4sc(CC)cc34)CC2)cc1. The first-order valence-electron chi connectivity index (χ1n) is 11.9. The van der Waals surface area contributed by atoms with Crippen molar-refractivity contribution in [2.75, 3.05) is 49.0 Å². The summed E-state index contributed by atoms with van der Waals surface area (Å²) < 4.78 is 4.76. The van der Waals surface area contributed by atoms with Crippen molar-refractivity contribution < 1.29 is 14.3 Å². The van der Waals surface area contributed by atoms with Crippen LogP contribution in [-0.4, -0.2) is 65.8 Å². The minimum absolute atomic E-state index is 0.0117. The predicted molar refractivity (Wildman–Crippen MR) is 150 cm³/mol. The summed E-state index contributed by atoms with van der Waals surface area (Å²) in [5.74, 6) is 6.66. The molecule has 0 atom stereocenters. The number of ether oxygens (including phenoxy) is 1. The zero-order chi connectivity index (χ0) is 26.4. The maximum atomic E-state index is 13.1. The summed E-state index contributed by atoms with van der Waals surface area (Å²) in [5, 5.41) is 3.04. The Morgan fingerprint density at radius 1 is 1.22 bits per heavy atom. The molecular formula is C26H30N6O3S2. The Morgan fingerprint density at radius 2 is 1.95 bits per heavy atom. The van der Waals surface area contributed by atoms with E-state index < -0.39 is 0 Å². The number of fused-ring (bicyclic) bond motifs is 1. The molecule has 2 aromatic heterocycles. The molecule has 0 spiro atoms. The highest BCUT2D eigenvalue weighted by molar-refractivity contribution is 7.99. The van der Waals surface area contributed by atoms with Crippen molar-refractivity contribution >= 4 is 56.7 Å². The van der Waals surface area contributed by atoms with Gasteiger partial charge in [-0.15, -0.1) is 11.3 Å². The van der Waals surface area contributed by atoms with Gasteiger partial charge in [-0.3, -0.25) is 14.6 Å². The van der Waals surface area contributed by atoms with Gasteiger partial charge in [0.1, 0.15) is 10.6 Å². The molecule has 0 unspecified atom stereocenters. The molecule has 0 aliphatic carbocycles. The van der Waals surface area contributed by atoms with Crippen LogP contribution < -0.4 is 15.8 Å². The van der Waals surface area contributed by atoms with Gasteiger partial charge in [0.05, 0.1) is 23.9 Å². The standard InChI is InChI=1S/C26H30N6O3S2/c1-4-6-11-32(27)19-9-7-18(8-10-19)25(34)31-14-12-30(13-15-31)23-21-16-20(5-2)37-24(21)29-26(28-23)36-17-22(33)35-3/h4,6-11,16H,1,5,12-15,17,27H2,2-3H3/b11-6-. The summed E-state index contributed by atoms with van der Waals surface area (Å²) in [6.45, 7) is 8.20. The minimum atomic E-state index is -0.316. The number of benzene rings is 1. The number of carbonyl (C=O) groups is 2. The van der Waals surface area contributed by atoms with Gasteiger partial charge < -0.3 is 14.5 Å². The van der Waals surface area contributed by atoms with Crippen LogP contribution in [0.5, 0.6) is 0 Å². The number of nitrogens with zero attached hydrogens (tertiary/aromatic N) is 5. The second-order valence-electron chi connectivity index (χ2n) is 8.29. The first-order valence-corrected chi connectivity index (χ1v) is 13.7. The molecule has 3 heterocycles. The van der Waals surface area contributed by atoms with E-state index in [4.69, 9.17) is 15.6 Å². The number of thiophene rings is 1. The second kappa shape index (κ2) is 12.2. The van der Waals surface area contributed by atoms with E-state index in [-0.39, 0.29) is 17.6 Å². The van der Waals surface area contributed by atoms with Crippen LogP contribution in [0.25, 0.3) is 10.2 Å². The highest BCUT2D eigenvalue weighted by Crippen LogP contribution is 2.34. The van der Waals surface area contributed by atoms with Crippen molar-refractivity contribution in [3.63, 3.8) is 0 Å². The third kappa shape index (κ3) is 6.30. The molecule has 9 nitrogen and oxygen atoms in total. The van der Waals surface area contributed by atoms with E-state index in [0.29, 0.717) is 36.9 Å². The number of esters is 1. The average molecular weight is 539 g/mol. The molecule has 1 aromatic carbocycles. The average Bonchev–Trinajstić information content (AvgIpc) is 3.37. The summed E-state index contributed by atoms with van der Waals surface area (Å²) in [6.07, 6.45) is 6.00. The Kier molecular flexibility index (Phi) is 8.80. The van der Waals surface area contributed by atoms with E-state index >= 15 is 0 Å². The summed E-state index contributed by atoms with van der Waals surface area (Å²) in [6, 6.07) is 9.38. The van der Waals surface area contributed by atoms with Gasteiger partial charge in [-0.1, -0.05) is 31.3 Å². The molecule has 0 bridgehead atoms. The molecule has 3 aromatic rings. The molecule has 1 aliphatic heterocycles. The molecule has 1 aliphatic rings. The zero-order valence-corrected chi connectivity index (χ0v) is 22.6. The third-order valence-electron chi connectivity index (χ3n) is 5.96. The van der Waals surface area contributed by atoms with Crippen molar-refractivity contribution in [1.29, 1.82) is 0 Å². The van der Waals surface area contributed by atoms with Crippen LogP contribution in [0.4, 0.5) is 11.5 Å². The second-order valence-corrected chi connectivity index (χ2v) is 10.3. The Bertz CT molecular complexity index is 1300. The topological polar surface area (TPSA) is 105 Å². The molecule has 37 heavy (non-hydrogen) atoms. The van der Waals surface area contributed by atoms with E-state index in [0.717, 1.165) is 28.1 Å². The minimum Gasteiger partial charge on any atom is -0.468 e. The zero-order valence-electron chi connectivity index (χ0n) is 20.9. The molecule has 11 heteroatoms. The summed E-state index contributed by atoms with van der Waals surface area (Å²) >= 11 is 2.92. The van der Waals surface area contributed by atoms with Gasteiger partial charge in [-0.05, 0) is 42.8 Å². The van der Waals surface area contributed by atoms with Gasteiger partial charge >= 0.3 is 5.97 Å². The van der Waals surface area contributed by atoms with Gasteiger partial charge in [0, 0.05) is 42.8 Å². The number of aryl methyl sites for hydroxylation is 1. The Morgan fingerprint density at radius 3 is 2.59 bits per heavy atom. The highest BCUT2D eigenvalue weighted by atomic mass is 32.2. The number of hydrogen-bond acceptors (Lipinski definition) is 10. The van der Waals surface area contributed by atoms with E-state index in [1.165, 1.54) is 28.8 Å². The first kappa shape index (κ1) is 26.6. The molecule has 1 fully saturated rings. The largest absolute Gasteiger partial charge is 0.468 e. The first-order chi connectivity index (χ1) is 17.9. The molecule has 0 saturated carbocycles. The summed E-state index contributed by atoms with van der Waals surface area (Å²) in [5.41, 5.74) is 1.39. The van der Waals surface area contributed by atoms with Crippen LogP contribution in [0.15, 0.2) is 60.4 Å². The Balaban J connectivity index is 1.47. The number of allylic oxidation sites excluding steroid dienone is 2. The van der Waals surface area contributed by atoms with Gasteiger partial charge in [-0.25, -0.2) is 15.8 Å². The van der Waals surface area contributed by atoms with Crippen molar-refractivity contribution in [3.8, 4) is 0 Å². The van der Waals surface area contributed by atoms with Crippen molar-refractivity contribution in [2.45, 2.75) is 18.5 Å². The number of anilines is 2. The number of methoxy groups -OCH3 is 1. The highest BCUT2D eigenvalue weighted by Gasteiger charge is 2.25. The van der Waals surface area contributed by atoms with Crippen LogP contribution >= 0.6 is 23.1 Å². The number of piperazine rings is 1. The fraction of sp³-hybridized carbons (Fsp3) is 0.308. The van der Waals surface area contributed by atoms with E-state index in [1.54, 1.807) is 41.8 Å². The molecule has 4 rings (SSSR count). The fourth-order valence-corrected chi connectivity index (χ4v) is 5.61. The lowest BCUT2D eigenvalue weighted by Crippen LogP contribution is -2.49. The Labute approximate surface area is 224 Å². The number of nitrogens with two attached hydrogens (primary N) is 1. The number of amides is 1. The van der Waals surface area contributed by atoms with E-state index in [9.17, 15) is 9.59 Å². The van der Waals surface area contributed by atoms with Gasteiger partial charge in [0.25, 0.3) is 5.91 Å². The normalized spacial score (nSPS) is 13.8. The number of hydrogen-bond donors (Lipinski definition) is 1. The number of rotatable bonds is 9. The molecule has 2 N–H and O–H groups in total. The van der Waals surface area contributed by atoms with E-state index in [1.807, 2.05) is 17.0 Å². The van der Waals surface area contributed by atoms with Crippen molar-refractivity contribution in [2.24, 2.45) is 5.84 Å². The number of aromatic nitrogens is 2. The third-order valence-corrected chi connectivity index (χ3v) is 7.95. The molecule has 1 amide bonds. The van der Waals surface area contributed by atoms with Crippen LogP contribution in [0.1, 0.15) is 22.2 Å². The smallest absolute Gasteiger partial charge is 0.316 e. The molecule has 1 saturated heterocycles. The summed E-state index contributed by atoms with van der Waals surface area (Å²) in [7, 11) is 1.37. The lowest BCUT2D eigenvalue weighted by molar-refractivity contribution is -0.137. The number of thioether (sulfide) groups is 1. The fourth-order valence-electron chi connectivity index (χ4n) is 3.92. The lowest BCUT2D eigenvalue weighted by atomic mass is 10.1. The van der Waals surface area contributed by atoms with Crippen molar-refractivity contribution in [3.05, 3.63) is 65.7 Å². The van der Waals surface area contributed by atoms with Gasteiger partial charge in [-0.2, -0.15) is 0 Å². The summed E-state index contributed by atoms with van der Waals surface area (Å²) in [4.78, 5) is 40.5. The monoisotopic (exact) mass is 538 g/mol. The molecule has 194 valence electrons. The van der Waals surface area contributed by atoms with E-state index in [2.05, 4.69) is 29.5 Å². The maximum absolute atomic E-state index is 13.1. The maximum Gasteiger partial charge on any atom is 0.316 e. The van der Waals surface area contributed by atoms with Crippen LogP contribution in [0.3, 0.4) is 0 Å². The van der Waals surface area contributed by atoms with Crippen molar-refractivity contribution in [1.82, 2.24) is 14.9 Å². The lowest BCUT2D eigenvalue weighted by Gasteiger charge is -2.35. The van der Waals surface area contributed by atoms with Crippen LogP contribution in [0, 0.1) is 0 Å². The Hall–Kier alpha value is -3.41. The quantitative estimate of drug-likeness (QED) is 0.109. The van der Waals surface area contributed by atoms with Crippen LogP contribution in [0.2, 0.25) is 0 Å². The molecule has 0 radical (unpaired) electrons. The number of hydrazine groups is 1. The van der Waals surface area contributed by atoms with Crippen LogP contribution in [-0.2, 0) is 16.0 Å². The predicted octanol–water partition coefficient (Wildman–Crippen LogP) is 3.86. The molecular weight excluding hydrogens is 508 g/mol. The van der Waals surface area contributed by atoms with Gasteiger partial charge in [0.15, 0.2) is 5.16 Å². The number of carbonyl (C=O) groups excluding carboxylic acids is 2. The van der Waals surface area contributed by atoms with Gasteiger partial charge in [0.2, 0.25) is 0 Å².